The van der Waals surface area contributed by atoms with E-state index < -0.39 is 0 Å². The van der Waals surface area contributed by atoms with Crippen LogP contribution in [0.25, 0.3) is 0 Å². The summed E-state index contributed by atoms with van der Waals surface area (Å²) in [4.78, 5) is 23.1. The monoisotopic (exact) mass is 422 g/mol. The molecule has 1 aromatic heterocycles. The minimum absolute atomic E-state index is 0.1000. The van der Waals surface area contributed by atoms with Crippen molar-refractivity contribution < 1.29 is 14.3 Å². The van der Waals surface area contributed by atoms with Crippen LogP contribution in [-0.2, 0) is 14.3 Å². The number of hydrogen-bond acceptors (Lipinski definition) is 6. The molecule has 162 valence electrons. The molecule has 7 nitrogen and oxygen atoms in total. The summed E-state index contributed by atoms with van der Waals surface area (Å²) < 4.78 is 10.7. The van der Waals surface area contributed by atoms with E-state index in [9.17, 15) is 4.79 Å². The highest BCUT2D eigenvalue weighted by Crippen LogP contribution is 2.28. The number of likely N-dealkylation sites (tertiary alicyclic amines) is 1. The van der Waals surface area contributed by atoms with Crippen molar-refractivity contribution in [3.05, 3.63) is 22.4 Å². The lowest BCUT2D eigenvalue weighted by molar-refractivity contribution is -0.145. The van der Waals surface area contributed by atoms with E-state index in [0.29, 0.717) is 13.1 Å². The molecule has 2 saturated heterocycles. The van der Waals surface area contributed by atoms with E-state index in [1.54, 1.807) is 11.3 Å². The van der Waals surface area contributed by atoms with Gasteiger partial charge in [-0.2, -0.15) is 0 Å². The Morgan fingerprint density at radius 2 is 2.24 bits per heavy atom. The van der Waals surface area contributed by atoms with Crippen LogP contribution in [0, 0.1) is 11.8 Å². The van der Waals surface area contributed by atoms with Crippen LogP contribution in [0.5, 0.6) is 0 Å². The van der Waals surface area contributed by atoms with Gasteiger partial charge in [0.2, 0.25) is 0 Å². The zero-order valence-electron chi connectivity index (χ0n) is 18.0. The number of thiophene rings is 1. The predicted molar refractivity (Wildman–Crippen MR) is 116 cm³/mol. The van der Waals surface area contributed by atoms with Crippen molar-refractivity contribution in [3.63, 3.8) is 0 Å². The Labute approximate surface area is 178 Å². The maximum Gasteiger partial charge on any atom is 0.310 e. The first kappa shape index (κ1) is 22.1. The summed E-state index contributed by atoms with van der Waals surface area (Å²) in [5, 5.41) is 5.55. The molecule has 2 aliphatic rings. The van der Waals surface area contributed by atoms with Gasteiger partial charge in [0.25, 0.3) is 0 Å². The number of nitrogens with zero attached hydrogens (tertiary/aromatic N) is 3. The Kier molecular flexibility index (Phi) is 7.91. The van der Waals surface area contributed by atoms with E-state index in [4.69, 9.17) is 14.5 Å². The molecule has 0 saturated carbocycles. The van der Waals surface area contributed by atoms with Crippen molar-refractivity contribution in [2.45, 2.75) is 32.9 Å². The number of carbonyl (C=O) groups excluding carboxylic acids is 1. The maximum atomic E-state index is 12.1. The van der Waals surface area contributed by atoms with Gasteiger partial charge >= 0.3 is 5.97 Å². The first-order chi connectivity index (χ1) is 14.0. The van der Waals surface area contributed by atoms with E-state index in [0.717, 1.165) is 38.7 Å². The molecule has 0 amide bonds. The fourth-order valence-electron chi connectivity index (χ4n) is 4.19. The first-order valence-electron chi connectivity index (χ1n) is 10.5. The smallest absolute Gasteiger partial charge is 0.310 e. The van der Waals surface area contributed by atoms with Crippen LogP contribution in [0.3, 0.4) is 0 Å². The van der Waals surface area contributed by atoms with E-state index in [2.05, 4.69) is 53.4 Å². The summed E-state index contributed by atoms with van der Waals surface area (Å²) in [6.07, 6.45) is 0.240. The normalized spacial score (nSPS) is 27.1. The summed E-state index contributed by atoms with van der Waals surface area (Å²) in [5.41, 5.74) is 0. The fraction of sp³-hybridized carbons (Fsp3) is 0.714. The summed E-state index contributed by atoms with van der Waals surface area (Å²) >= 11 is 1.78. The molecule has 0 bridgehead atoms. The Hall–Kier alpha value is -1.64. The zero-order valence-corrected chi connectivity index (χ0v) is 18.8. The Morgan fingerprint density at radius 1 is 1.41 bits per heavy atom. The van der Waals surface area contributed by atoms with Crippen molar-refractivity contribution in [1.82, 2.24) is 15.1 Å². The molecule has 3 rings (SSSR count). The quantitative estimate of drug-likeness (QED) is 0.431. The minimum atomic E-state index is -0.130. The molecular formula is C21H34N4O3S. The van der Waals surface area contributed by atoms with Crippen LogP contribution < -0.4 is 5.32 Å². The highest BCUT2D eigenvalue weighted by atomic mass is 32.1. The molecule has 4 atom stereocenters. The van der Waals surface area contributed by atoms with Crippen LogP contribution in [0.2, 0.25) is 0 Å². The number of rotatable bonds is 6. The Morgan fingerprint density at radius 3 is 2.90 bits per heavy atom. The lowest BCUT2D eigenvalue weighted by atomic mass is 9.99. The molecule has 1 aromatic rings. The topological polar surface area (TPSA) is 66.4 Å². The summed E-state index contributed by atoms with van der Waals surface area (Å²) in [5.74, 6) is 0.903. The van der Waals surface area contributed by atoms with Gasteiger partial charge in [0.1, 0.15) is 0 Å². The third-order valence-electron chi connectivity index (χ3n) is 5.75. The maximum absolute atomic E-state index is 12.1. The van der Waals surface area contributed by atoms with E-state index in [1.807, 2.05) is 0 Å². The van der Waals surface area contributed by atoms with Gasteiger partial charge in [0, 0.05) is 37.6 Å². The molecule has 4 unspecified atom stereocenters. The summed E-state index contributed by atoms with van der Waals surface area (Å²) in [6.45, 7) is 11.8. The molecule has 3 heterocycles. The second-order valence-corrected chi connectivity index (χ2v) is 8.89. The van der Waals surface area contributed by atoms with Crippen LogP contribution >= 0.6 is 11.3 Å². The second-order valence-electron chi connectivity index (χ2n) is 7.91. The number of hydrogen-bond donors (Lipinski definition) is 1. The number of morpholine rings is 1. The van der Waals surface area contributed by atoms with Gasteiger partial charge in [-0.1, -0.05) is 13.0 Å². The molecule has 1 N–H and O–H groups in total. The lowest BCUT2D eigenvalue weighted by Gasteiger charge is -2.36. The molecule has 0 aromatic carbocycles. The average molecular weight is 423 g/mol. The number of esters is 1. The third kappa shape index (κ3) is 5.49. The molecule has 0 aliphatic carbocycles. The van der Waals surface area contributed by atoms with Gasteiger partial charge in [0.15, 0.2) is 5.96 Å². The van der Waals surface area contributed by atoms with E-state index in [-0.39, 0.29) is 30.0 Å². The van der Waals surface area contributed by atoms with Crippen LogP contribution in [0.1, 0.15) is 31.7 Å². The second kappa shape index (κ2) is 10.4. The summed E-state index contributed by atoms with van der Waals surface area (Å²) in [6, 6.07) is 4.55. The molecule has 29 heavy (non-hydrogen) atoms. The number of aliphatic imine (C=N–C) groups is 1. The Balaban J connectivity index is 1.75. The first-order valence-corrected chi connectivity index (χ1v) is 11.4. The van der Waals surface area contributed by atoms with Crippen LogP contribution in [0.4, 0.5) is 0 Å². The molecule has 2 fully saturated rings. The van der Waals surface area contributed by atoms with Gasteiger partial charge in [-0.25, -0.2) is 0 Å². The largest absolute Gasteiger partial charge is 0.469 e. The fourth-order valence-corrected chi connectivity index (χ4v) is 5.04. The van der Waals surface area contributed by atoms with Gasteiger partial charge < -0.3 is 19.7 Å². The molecule has 0 spiro atoms. The predicted octanol–water partition coefficient (Wildman–Crippen LogP) is 2.22. The standard InChI is InChI=1S/C21H34N4O3S/c1-5-22-21(25-12-15(2)17(14-25)20(26)27-4)23-11-18(19-7-6-10-29-19)24-8-9-28-16(3)13-24/h6-7,10,15-18H,5,8-9,11-14H2,1-4H3,(H,22,23). The molecule has 8 heteroatoms. The number of guanidine groups is 1. The number of nitrogens with one attached hydrogen (secondary N) is 1. The highest BCUT2D eigenvalue weighted by molar-refractivity contribution is 7.10. The van der Waals surface area contributed by atoms with E-state index in [1.165, 1.54) is 12.0 Å². The SMILES string of the molecule is CCNC(=NCC(c1cccs1)N1CCOC(C)C1)N1CC(C)C(C(=O)OC)C1. The number of methoxy groups -OCH3 is 1. The van der Waals surface area contributed by atoms with Crippen molar-refractivity contribution in [3.8, 4) is 0 Å². The zero-order chi connectivity index (χ0) is 20.8. The average Bonchev–Trinajstić information content (AvgIpc) is 3.37. The van der Waals surface area contributed by atoms with Crippen molar-refractivity contribution >= 4 is 23.3 Å². The number of carbonyl (C=O) groups is 1. The van der Waals surface area contributed by atoms with Gasteiger partial charge in [0.05, 0.1) is 38.3 Å². The lowest BCUT2D eigenvalue weighted by Crippen LogP contribution is -2.45. The highest BCUT2D eigenvalue weighted by Gasteiger charge is 2.37. The van der Waals surface area contributed by atoms with Crippen LogP contribution in [-0.4, -0.2) is 80.8 Å². The summed E-state index contributed by atoms with van der Waals surface area (Å²) in [7, 11) is 1.46. The minimum Gasteiger partial charge on any atom is -0.469 e. The van der Waals surface area contributed by atoms with Crippen molar-refractivity contribution in [1.29, 1.82) is 0 Å². The van der Waals surface area contributed by atoms with Gasteiger partial charge in [-0.15, -0.1) is 11.3 Å². The van der Waals surface area contributed by atoms with Gasteiger partial charge in [-0.05, 0) is 31.2 Å². The third-order valence-corrected chi connectivity index (χ3v) is 6.72. The van der Waals surface area contributed by atoms with Crippen LogP contribution in [0.15, 0.2) is 22.5 Å². The Bertz CT molecular complexity index is 681. The van der Waals surface area contributed by atoms with Gasteiger partial charge in [-0.3, -0.25) is 14.7 Å². The number of ether oxygens (including phenoxy) is 2. The van der Waals surface area contributed by atoms with E-state index >= 15 is 0 Å². The molecule has 2 aliphatic heterocycles. The molecule has 0 radical (unpaired) electrons. The molecular weight excluding hydrogens is 388 g/mol. The van der Waals surface area contributed by atoms with Crippen molar-refractivity contribution in [2.24, 2.45) is 16.8 Å². The van der Waals surface area contributed by atoms with Crippen molar-refractivity contribution in [2.75, 3.05) is 53.0 Å².